The maximum absolute atomic E-state index is 13.0. The highest BCUT2D eigenvalue weighted by molar-refractivity contribution is 5.56. The third-order valence-corrected chi connectivity index (χ3v) is 2.51. The Bertz CT molecular complexity index is 505. The minimum atomic E-state index is -0.260. The highest BCUT2D eigenvalue weighted by Crippen LogP contribution is 2.26. The first-order valence-electron chi connectivity index (χ1n) is 5.39. The van der Waals surface area contributed by atoms with Crippen molar-refractivity contribution in [2.24, 2.45) is 0 Å². The lowest BCUT2D eigenvalue weighted by molar-refractivity contribution is 0.305. The summed E-state index contributed by atoms with van der Waals surface area (Å²) in [5.74, 6) is 0.403. The number of hydrogen-bond donors (Lipinski definition) is 1. The molecule has 2 aromatic carbocycles. The topological polar surface area (TPSA) is 35.2 Å². The minimum Gasteiger partial charge on any atom is -0.486 e. The third kappa shape index (κ3) is 2.75. The zero-order chi connectivity index (χ0) is 12.3. The fourth-order valence-corrected chi connectivity index (χ4v) is 1.65. The lowest BCUT2D eigenvalue weighted by atomic mass is 10.2. The van der Waals surface area contributed by atoms with Crippen LogP contribution in [0, 0.1) is 12.7 Å². The summed E-state index contributed by atoms with van der Waals surface area (Å²) in [5.41, 5.74) is 8.17. The quantitative estimate of drug-likeness (QED) is 0.822. The number of nitrogens with two attached hydrogens (primary N) is 1. The molecule has 0 aliphatic rings. The van der Waals surface area contributed by atoms with Gasteiger partial charge < -0.3 is 10.5 Å². The second-order valence-electron chi connectivity index (χ2n) is 3.91. The monoisotopic (exact) mass is 231 g/mol. The zero-order valence-electron chi connectivity index (χ0n) is 9.61. The smallest absolute Gasteiger partial charge is 0.145 e. The van der Waals surface area contributed by atoms with Gasteiger partial charge in [0.15, 0.2) is 0 Å². The van der Waals surface area contributed by atoms with Crippen molar-refractivity contribution in [3.63, 3.8) is 0 Å². The molecule has 2 N–H and O–H groups in total. The Hall–Kier alpha value is -2.03. The van der Waals surface area contributed by atoms with Crippen LogP contribution in [0.3, 0.4) is 0 Å². The molecule has 88 valence electrons. The van der Waals surface area contributed by atoms with Crippen molar-refractivity contribution in [3.05, 3.63) is 59.4 Å². The summed E-state index contributed by atoms with van der Waals surface area (Å²) in [7, 11) is 0. The molecule has 3 heteroatoms. The highest BCUT2D eigenvalue weighted by atomic mass is 19.1. The molecule has 0 aromatic heterocycles. The van der Waals surface area contributed by atoms with Gasteiger partial charge >= 0.3 is 0 Å². The van der Waals surface area contributed by atoms with Crippen LogP contribution in [-0.4, -0.2) is 0 Å². The molecule has 0 unspecified atom stereocenters. The Morgan fingerprint density at radius 2 is 1.94 bits per heavy atom. The number of hydrogen-bond acceptors (Lipinski definition) is 2. The molecule has 2 rings (SSSR count). The number of anilines is 1. The van der Waals surface area contributed by atoms with Crippen LogP contribution in [0.15, 0.2) is 42.5 Å². The number of para-hydroxylation sites is 1. The van der Waals surface area contributed by atoms with Gasteiger partial charge in [-0.2, -0.15) is 0 Å². The molecule has 0 atom stereocenters. The Labute approximate surface area is 99.8 Å². The Morgan fingerprint density at radius 3 is 2.65 bits per heavy atom. The van der Waals surface area contributed by atoms with Crippen molar-refractivity contribution < 1.29 is 9.13 Å². The molecule has 0 aliphatic heterocycles. The molecule has 17 heavy (non-hydrogen) atoms. The summed E-state index contributed by atoms with van der Waals surface area (Å²) in [6.07, 6.45) is 0. The molecule has 0 fully saturated rings. The second-order valence-corrected chi connectivity index (χ2v) is 3.91. The minimum absolute atomic E-state index is 0.260. The van der Waals surface area contributed by atoms with Gasteiger partial charge in [-0.15, -0.1) is 0 Å². The van der Waals surface area contributed by atoms with E-state index in [1.54, 1.807) is 12.1 Å². The van der Waals surface area contributed by atoms with Gasteiger partial charge in [0.2, 0.25) is 0 Å². The average molecular weight is 231 g/mol. The van der Waals surface area contributed by atoms with E-state index in [0.29, 0.717) is 18.0 Å². The molecular formula is C14H14FNO. The maximum Gasteiger partial charge on any atom is 0.145 e. The Kier molecular flexibility index (Phi) is 3.28. The Balaban J connectivity index is 2.13. The molecular weight excluding hydrogens is 217 g/mol. The molecule has 0 saturated carbocycles. The van der Waals surface area contributed by atoms with Crippen LogP contribution in [0.4, 0.5) is 10.1 Å². The molecule has 0 aliphatic carbocycles. The van der Waals surface area contributed by atoms with Crippen LogP contribution in [-0.2, 0) is 6.61 Å². The van der Waals surface area contributed by atoms with Gasteiger partial charge in [0.1, 0.15) is 18.2 Å². The molecule has 2 aromatic rings. The highest BCUT2D eigenvalue weighted by Gasteiger charge is 2.04. The van der Waals surface area contributed by atoms with Gasteiger partial charge in [0, 0.05) is 0 Å². The van der Waals surface area contributed by atoms with Crippen molar-refractivity contribution in [2.75, 3.05) is 5.73 Å². The first-order valence-corrected chi connectivity index (χ1v) is 5.39. The van der Waals surface area contributed by atoms with E-state index in [9.17, 15) is 4.39 Å². The summed E-state index contributed by atoms with van der Waals surface area (Å²) >= 11 is 0. The normalized spacial score (nSPS) is 10.2. The lowest BCUT2D eigenvalue weighted by Crippen LogP contribution is -2.00. The van der Waals surface area contributed by atoms with Crippen LogP contribution in [0.2, 0.25) is 0 Å². The molecule has 0 amide bonds. The van der Waals surface area contributed by atoms with Crippen LogP contribution in [0.1, 0.15) is 11.1 Å². The van der Waals surface area contributed by atoms with Crippen LogP contribution < -0.4 is 10.5 Å². The van der Waals surface area contributed by atoms with E-state index >= 15 is 0 Å². The van der Waals surface area contributed by atoms with E-state index in [-0.39, 0.29) is 5.82 Å². The van der Waals surface area contributed by atoms with Gasteiger partial charge in [0.05, 0.1) is 5.69 Å². The van der Waals surface area contributed by atoms with Crippen molar-refractivity contribution in [1.82, 2.24) is 0 Å². The largest absolute Gasteiger partial charge is 0.486 e. The number of aryl methyl sites for hydroxylation is 1. The number of rotatable bonds is 3. The average Bonchev–Trinajstić information content (AvgIpc) is 2.28. The number of nitrogen functional groups attached to an aromatic ring is 1. The van der Waals surface area contributed by atoms with E-state index in [1.165, 1.54) is 12.1 Å². The molecule has 0 spiro atoms. The SMILES string of the molecule is Cc1cccc(N)c1OCc1cccc(F)c1. The Morgan fingerprint density at radius 1 is 1.18 bits per heavy atom. The summed E-state index contributed by atoms with van der Waals surface area (Å²) in [6.45, 7) is 2.24. The van der Waals surface area contributed by atoms with Gasteiger partial charge in [0.25, 0.3) is 0 Å². The molecule has 0 heterocycles. The summed E-state index contributed by atoms with van der Waals surface area (Å²) in [5, 5.41) is 0. The van der Waals surface area contributed by atoms with Gasteiger partial charge in [-0.1, -0.05) is 24.3 Å². The van der Waals surface area contributed by atoms with Crippen molar-refractivity contribution in [2.45, 2.75) is 13.5 Å². The second kappa shape index (κ2) is 4.87. The molecule has 2 nitrogen and oxygen atoms in total. The number of benzene rings is 2. The molecule has 0 bridgehead atoms. The fraction of sp³-hybridized carbons (Fsp3) is 0.143. The van der Waals surface area contributed by atoms with Gasteiger partial charge in [-0.3, -0.25) is 0 Å². The maximum atomic E-state index is 13.0. The van der Waals surface area contributed by atoms with Crippen LogP contribution in [0.5, 0.6) is 5.75 Å². The van der Waals surface area contributed by atoms with Crippen molar-refractivity contribution in [3.8, 4) is 5.75 Å². The van der Waals surface area contributed by atoms with Crippen molar-refractivity contribution in [1.29, 1.82) is 0 Å². The van der Waals surface area contributed by atoms with E-state index in [0.717, 1.165) is 11.1 Å². The summed E-state index contributed by atoms with van der Waals surface area (Å²) in [6, 6.07) is 11.9. The fourth-order valence-electron chi connectivity index (χ4n) is 1.65. The first-order chi connectivity index (χ1) is 8.16. The lowest BCUT2D eigenvalue weighted by Gasteiger charge is -2.11. The van der Waals surface area contributed by atoms with E-state index in [2.05, 4.69) is 0 Å². The third-order valence-electron chi connectivity index (χ3n) is 2.51. The van der Waals surface area contributed by atoms with E-state index in [1.807, 2.05) is 25.1 Å². The summed E-state index contributed by atoms with van der Waals surface area (Å²) < 4.78 is 18.6. The number of halogens is 1. The summed E-state index contributed by atoms with van der Waals surface area (Å²) in [4.78, 5) is 0. The predicted octanol–water partition coefficient (Wildman–Crippen LogP) is 3.30. The standard InChI is InChI=1S/C14H14FNO/c1-10-4-2-7-13(16)14(10)17-9-11-5-3-6-12(15)8-11/h2-8H,9,16H2,1H3. The van der Waals surface area contributed by atoms with Gasteiger partial charge in [-0.05, 0) is 36.2 Å². The number of ether oxygens (including phenoxy) is 1. The van der Waals surface area contributed by atoms with E-state index < -0.39 is 0 Å². The van der Waals surface area contributed by atoms with E-state index in [4.69, 9.17) is 10.5 Å². The predicted molar refractivity (Wildman–Crippen MR) is 66.3 cm³/mol. The zero-order valence-corrected chi connectivity index (χ0v) is 9.61. The van der Waals surface area contributed by atoms with Gasteiger partial charge in [-0.25, -0.2) is 4.39 Å². The van der Waals surface area contributed by atoms with Crippen LogP contribution in [0.25, 0.3) is 0 Å². The van der Waals surface area contributed by atoms with Crippen LogP contribution >= 0.6 is 0 Å². The van der Waals surface area contributed by atoms with Crippen molar-refractivity contribution >= 4 is 5.69 Å². The molecule has 0 radical (unpaired) electrons. The first kappa shape index (κ1) is 11.5. The molecule has 0 saturated heterocycles.